The Hall–Kier alpha value is -0.810. The van der Waals surface area contributed by atoms with E-state index in [0.717, 1.165) is 5.57 Å². The van der Waals surface area contributed by atoms with Crippen LogP contribution >= 0.6 is 0 Å². The topological polar surface area (TPSA) is 17.1 Å². The van der Waals surface area contributed by atoms with Gasteiger partial charge in [-0.05, 0) is 19.9 Å². The van der Waals surface area contributed by atoms with Crippen LogP contribution in [0.2, 0.25) is 0 Å². The highest BCUT2D eigenvalue weighted by atomic mass is 16.1. The van der Waals surface area contributed by atoms with E-state index in [1.807, 2.05) is 13.8 Å². The molecule has 0 saturated heterocycles. The molecular formula is C8H12O. The average Bonchev–Trinajstić information content (AvgIpc) is 1.87. The number of allylic oxidation sites excluding steroid dienone is 1. The van der Waals surface area contributed by atoms with E-state index < -0.39 is 0 Å². The largest absolute Gasteiger partial charge is 0.294 e. The Labute approximate surface area is 56.1 Å². The van der Waals surface area contributed by atoms with Crippen molar-refractivity contribution in [3.8, 4) is 0 Å². The molecule has 1 heteroatoms. The van der Waals surface area contributed by atoms with Gasteiger partial charge in [-0.15, -0.1) is 5.73 Å². The third-order valence-electron chi connectivity index (χ3n) is 1.10. The molecule has 0 heterocycles. The normalized spacial score (nSPS) is 7.89. The quantitative estimate of drug-likeness (QED) is 0.407. The van der Waals surface area contributed by atoms with Crippen molar-refractivity contribution in [2.75, 3.05) is 0 Å². The van der Waals surface area contributed by atoms with Crippen LogP contribution in [0, 0.1) is 0 Å². The van der Waals surface area contributed by atoms with Crippen molar-refractivity contribution >= 4 is 5.78 Å². The smallest absolute Gasteiger partial charge is 0.165 e. The molecule has 0 amide bonds. The molecule has 0 aliphatic carbocycles. The molecule has 0 aromatic heterocycles. The summed E-state index contributed by atoms with van der Waals surface area (Å²) in [6.07, 6.45) is 2.33. The van der Waals surface area contributed by atoms with Crippen LogP contribution in [0.15, 0.2) is 17.4 Å². The van der Waals surface area contributed by atoms with Crippen LogP contribution in [-0.2, 0) is 4.79 Å². The lowest BCUT2D eigenvalue weighted by Gasteiger charge is -1.88. The molecule has 50 valence electrons. The molecular weight excluding hydrogens is 112 g/mol. The molecule has 0 fully saturated rings. The van der Waals surface area contributed by atoms with Crippen LogP contribution < -0.4 is 0 Å². The number of ketones is 1. The number of Topliss-reactive ketones (excluding diaryl/α,β-unsaturated/α-hetero) is 1. The van der Waals surface area contributed by atoms with Crippen molar-refractivity contribution in [2.24, 2.45) is 0 Å². The van der Waals surface area contributed by atoms with Crippen LogP contribution in [0.5, 0.6) is 0 Å². The van der Waals surface area contributed by atoms with Gasteiger partial charge in [0, 0.05) is 12.0 Å². The van der Waals surface area contributed by atoms with Crippen LogP contribution in [0.4, 0.5) is 0 Å². The van der Waals surface area contributed by atoms with Gasteiger partial charge in [-0.2, -0.15) is 0 Å². The highest BCUT2D eigenvalue weighted by Gasteiger charge is 1.96. The van der Waals surface area contributed by atoms with E-state index >= 15 is 0 Å². The van der Waals surface area contributed by atoms with Crippen molar-refractivity contribution in [1.82, 2.24) is 0 Å². The zero-order valence-electron chi connectivity index (χ0n) is 6.19. The van der Waals surface area contributed by atoms with Crippen LogP contribution in [-0.4, -0.2) is 5.78 Å². The third-order valence-corrected chi connectivity index (χ3v) is 1.10. The van der Waals surface area contributed by atoms with Gasteiger partial charge in [0.25, 0.3) is 0 Å². The molecule has 0 rings (SSSR count). The maximum Gasteiger partial charge on any atom is 0.165 e. The summed E-state index contributed by atoms with van der Waals surface area (Å²) in [4.78, 5) is 10.8. The number of carbonyl (C=O) groups excluding carboxylic acids is 1. The Morgan fingerprint density at radius 3 is 2.56 bits per heavy atom. The van der Waals surface area contributed by atoms with Crippen molar-refractivity contribution in [3.05, 3.63) is 17.4 Å². The average molecular weight is 124 g/mol. The van der Waals surface area contributed by atoms with E-state index in [9.17, 15) is 4.79 Å². The second-order valence-corrected chi connectivity index (χ2v) is 1.83. The molecule has 0 radical (unpaired) electrons. The summed E-state index contributed by atoms with van der Waals surface area (Å²) in [5, 5.41) is 0. The molecule has 1 nitrogen and oxygen atoms in total. The molecule has 0 atom stereocenters. The molecule has 0 aromatic rings. The molecule has 0 N–H and O–H groups in total. The first-order valence-electron chi connectivity index (χ1n) is 3.13. The van der Waals surface area contributed by atoms with Gasteiger partial charge in [0.15, 0.2) is 5.78 Å². The molecule has 9 heavy (non-hydrogen) atoms. The van der Waals surface area contributed by atoms with E-state index in [1.165, 1.54) is 0 Å². The van der Waals surface area contributed by atoms with Crippen molar-refractivity contribution in [3.63, 3.8) is 0 Å². The maximum atomic E-state index is 10.8. The van der Waals surface area contributed by atoms with E-state index in [0.29, 0.717) is 6.42 Å². The summed E-state index contributed by atoms with van der Waals surface area (Å²) in [5.74, 6) is 0.174. The van der Waals surface area contributed by atoms with Gasteiger partial charge in [-0.25, -0.2) is 0 Å². The summed E-state index contributed by atoms with van der Waals surface area (Å²) in [6, 6.07) is 0. The maximum absolute atomic E-state index is 10.8. The molecule has 0 aliphatic heterocycles. The fourth-order valence-corrected chi connectivity index (χ4v) is 0.562. The Bertz CT molecular complexity index is 159. The zero-order valence-corrected chi connectivity index (χ0v) is 6.19. The molecule has 0 aromatic carbocycles. The first kappa shape index (κ1) is 8.19. The number of hydrogen-bond donors (Lipinski definition) is 0. The van der Waals surface area contributed by atoms with Crippen molar-refractivity contribution in [1.29, 1.82) is 0 Å². The first-order chi connectivity index (χ1) is 4.22. The summed E-state index contributed by atoms with van der Waals surface area (Å²) in [7, 11) is 0. The van der Waals surface area contributed by atoms with E-state index in [4.69, 9.17) is 0 Å². The highest BCUT2D eigenvalue weighted by molar-refractivity contribution is 5.94. The fraction of sp³-hybridized carbons (Fsp3) is 0.500. The van der Waals surface area contributed by atoms with Gasteiger partial charge in [-0.1, -0.05) is 6.92 Å². The highest BCUT2D eigenvalue weighted by Crippen LogP contribution is 1.94. The van der Waals surface area contributed by atoms with Gasteiger partial charge in [0.2, 0.25) is 0 Å². The number of rotatable bonds is 2. The van der Waals surface area contributed by atoms with Gasteiger partial charge in [0.05, 0.1) is 0 Å². The second kappa shape index (κ2) is 4.11. The predicted octanol–water partition coefficient (Wildman–Crippen LogP) is 2.09. The van der Waals surface area contributed by atoms with Gasteiger partial charge in [0.1, 0.15) is 0 Å². The Balaban J connectivity index is 4.21. The summed E-state index contributed by atoms with van der Waals surface area (Å²) < 4.78 is 0. The van der Waals surface area contributed by atoms with E-state index in [-0.39, 0.29) is 5.78 Å². The van der Waals surface area contributed by atoms with E-state index in [1.54, 1.807) is 13.0 Å². The lowest BCUT2D eigenvalue weighted by atomic mass is 10.2. The molecule has 0 spiro atoms. The fourth-order valence-electron chi connectivity index (χ4n) is 0.562. The van der Waals surface area contributed by atoms with Crippen LogP contribution in [0.3, 0.4) is 0 Å². The first-order valence-corrected chi connectivity index (χ1v) is 3.13. The molecule has 0 unspecified atom stereocenters. The molecule has 0 bridgehead atoms. The third kappa shape index (κ3) is 2.89. The van der Waals surface area contributed by atoms with Crippen molar-refractivity contribution in [2.45, 2.75) is 27.2 Å². The summed E-state index contributed by atoms with van der Waals surface area (Å²) in [5.41, 5.74) is 3.56. The van der Waals surface area contributed by atoms with Crippen LogP contribution in [0.25, 0.3) is 0 Å². The number of carbonyl (C=O) groups is 1. The summed E-state index contributed by atoms with van der Waals surface area (Å²) >= 11 is 0. The SMILES string of the molecule is CC=C=C(C)C(=O)CC. The summed E-state index contributed by atoms with van der Waals surface area (Å²) in [6.45, 7) is 5.49. The molecule has 0 saturated carbocycles. The minimum absolute atomic E-state index is 0.174. The monoisotopic (exact) mass is 124 g/mol. The Kier molecular flexibility index (Phi) is 3.74. The second-order valence-electron chi connectivity index (χ2n) is 1.83. The van der Waals surface area contributed by atoms with E-state index in [2.05, 4.69) is 5.73 Å². The lowest BCUT2D eigenvalue weighted by molar-refractivity contribution is -0.115. The zero-order chi connectivity index (χ0) is 7.28. The standard InChI is InChI=1S/C8H12O/c1-4-6-7(3)8(9)5-2/h4H,5H2,1-3H3. The Morgan fingerprint density at radius 1 is 1.67 bits per heavy atom. The predicted molar refractivity (Wildman–Crippen MR) is 38.2 cm³/mol. The molecule has 0 aliphatic rings. The van der Waals surface area contributed by atoms with Gasteiger partial charge >= 0.3 is 0 Å². The Morgan fingerprint density at radius 2 is 2.22 bits per heavy atom. The van der Waals surface area contributed by atoms with Gasteiger partial charge < -0.3 is 0 Å². The number of hydrogen-bond acceptors (Lipinski definition) is 1. The lowest BCUT2D eigenvalue weighted by Crippen LogP contribution is -1.93. The van der Waals surface area contributed by atoms with Crippen molar-refractivity contribution < 1.29 is 4.79 Å². The van der Waals surface area contributed by atoms with Crippen LogP contribution in [0.1, 0.15) is 27.2 Å². The van der Waals surface area contributed by atoms with Gasteiger partial charge in [-0.3, -0.25) is 4.79 Å². The minimum atomic E-state index is 0.174. The minimum Gasteiger partial charge on any atom is -0.294 e.